The van der Waals surface area contributed by atoms with E-state index in [1.54, 1.807) is 0 Å². The normalized spacial score (nSPS) is 10.4. The molecule has 1 aromatic heterocycles. The molecule has 0 N–H and O–H groups in total. The van der Waals surface area contributed by atoms with Crippen molar-refractivity contribution in [1.82, 2.24) is 4.57 Å². The Morgan fingerprint density at radius 1 is 1.21 bits per heavy atom. The van der Waals surface area contributed by atoms with Crippen LogP contribution in [0.5, 0.6) is 0 Å². The predicted octanol–water partition coefficient (Wildman–Crippen LogP) is 3.95. The zero-order chi connectivity index (χ0) is 9.97. The zero-order valence-electron chi connectivity index (χ0n) is 7.45. The van der Waals surface area contributed by atoms with Gasteiger partial charge in [-0.1, -0.05) is 33.6 Å². The highest BCUT2D eigenvalue weighted by molar-refractivity contribution is 9.10. The minimum atomic E-state index is 0.799. The maximum atomic E-state index is 6.10. The molecule has 0 aliphatic rings. The van der Waals surface area contributed by atoms with E-state index < -0.39 is 0 Å². The van der Waals surface area contributed by atoms with Gasteiger partial charge in [-0.3, -0.25) is 0 Å². The van der Waals surface area contributed by atoms with Crippen molar-refractivity contribution in [2.45, 2.75) is 6.54 Å². The Morgan fingerprint density at radius 3 is 2.57 bits per heavy atom. The van der Waals surface area contributed by atoms with Crippen LogP contribution in [0.4, 0.5) is 0 Å². The number of halogens is 2. The Kier molecular flexibility index (Phi) is 2.94. The fraction of sp³-hybridized carbons (Fsp3) is 0.0909. The summed E-state index contributed by atoms with van der Waals surface area (Å²) in [6.45, 7) is 0.819. The van der Waals surface area contributed by atoms with Crippen LogP contribution in [0.25, 0.3) is 0 Å². The van der Waals surface area contributed by atoms with E-state index in [0.717, 1.165) is 21.6 Å². The number of rotatable bonds is 2. The summed E-state index contributed by atoms with van der Waals surface area (Å²) in [4.78, 5) is 0. The minimum Gasteiger partial charge on any atom is -0.350 e. The van der Waals surface area contributed by atoms with Crippen LogP contribution in [0.15, 0.2) is 47.2 Å². The van der Waals surface area contributed by atoms with Gasteiger partial charge in [0.1, 0.15) is 0 Å². The van der Waals surface area contributed by atoms with Gasteiger partial charge in [0.2, 0.25) is 0 Å². The molecule has 3 heteroatoms. The van der Waals surface area contributed by atoms with E-state index >= 15 is 0 Å². The Morgan fingerprint density at radius 2 is 1.93 bits per heavy atom. The van der Waals surface area contributed by atoms with Crippen molar-refractivity contribution in [1.29, 1.82) is 0 Å². The summed E-state index contributed by atoms with van der Waals surface area (Å²) in [5.74, 6) is 0. The fourth-order valence-corrected chi connectivity index (χ4v) is 2.06. The van der Waals surface area contributed by atoms with Crippen molar-refractivity contribution >= 4 is 27.5 Å². The third kappa shape index (κ3) is 2.20. The first kappa shape index (κ1) is 9.81. The third-order valence-electron chi connectivity index (χ3n) is 2.03. The summed E-state index contributed by atoms with van der Waals surface area (Å²) < 4.78 is 3.11. The summed E-state index contributed by atoms with van der Waals surface area (Å²) in [7, 11) is 0. The molecule has 0 fully saturated rings. The molecule has 0 radical (unpaired) electrons. The van der Waals surface area contributed by atoms with Crippen LogP contribution in [0.1, 0.15) is 5.56 Å². The zero-order valence-corrected chi connectivity index (χ0v) is 9.79. The molecule has 0 aliphatic carbocycles. The van der Waals surface area contributed by atoms with Crippen molar-refractivity contribution in [3.63, 3.8) is 0 Å². The van der Waals surface area contributed by atoms with Crippen LogP contribution >= 0.6 is 27.5 Å². The summed E-state index contributed by atoms with van der Waals surface area (Å²) in [5, 5.41) is 0.799. The second kappa shape index (κ2) is 4.20. The van der Waals surface area contributed by atoms with E-state index in [9.17, 15) is 0 Å². The van der Waals surface area contributed by atoms with Gasteiger partial charge in [-0.2, -0.15) is 0 Å². The lowest BCUT2D eigenvalue weighted by Gasteiger charge is -2.05. The SMILES string of the molecule is Clc1cc(Br)ccc1Cn1cccc1. The summed E-state index contributed by atoms with van der Waals surface area (Å²) >= 11 is 9.49. The molecule has 1 aromatic carbocycles. The molecule has 0 saturated carbocycles. The molecule has 2 aromatic rings. The molecule has 1 nitrogen and oxygen atoms in total. The van der Waals surface area contributed by atoms with Gasteiger partial charge in [-0.05, 0) is 29.8 Å². The molecule has 0 unspecified atom stereocenters. The monoisotopic (exact) mass is 269 g/mol. The molecule has 14 heavy (non-hydrogen) atoms. The Balaban J connectivity index is 2.25. The highest BCUT2D eigenvalue weighted by Gasteiger charge is 2.00. The molecular formula is C11H9BrClN. The van der Waals surface area contributed by atoms with Gasteiger partial charge in [0, 0.05) is 28.4 Å². The first-order chi connectivity index (χ1) is 6.75. The lowest BCUT2D eigenvalue weighted by molar-refractivity contribution is 0.806. The summed E-state index contributed by atoms with van der Waals surface area (Å²) in [6, 6.07) is 9.97. The fourth-order valence-electron chi connectivity index (χ4n) is 1.32. The van der Waals surface area contributed by atoms with E-state index in [1.807, 2.05) is 42.7 Å². The highest BCUT2D eigenvalue weighted by Crippen LogP contribution is 2.22. The number of hydrogen-bond acceptors (Lipinski definition) is 0. The first-order valence-corrected chi connectivity index (χ1v) is 5.47. The van der Waals surface area contributed by atoms with Crippen LogP contribution in [0.2, 0.25) is 5.02 Å². The lowest BCUT2D eigenvalue weighted by atomic mass is 10.2. The van der Waals surface area contributed by atoms with E-state index in [1.165, 1.54) is 0 Å². The Labute approximate surface area is 96.4 Å². The van der Waals surface area contributed by atoms with Gasteiger partial charge in [0.15, 0.2) is 0 Å². The van der Waals surface area contributed by atoms with Crippen molar-refractivity contribution in [3.8, 4) is 0 Å². The topological polar surface area (TPSA) is 4.93 Å². The van der Waals surface area contributed by atoms with Crippen LogP contribution in [-0.4, -0.2) is 4.57 Å². The lowest BCUT2D eigenvalue weighted by Crippen LogP contribution is -1.96. The molecule has 1 heterocycles. The predicted molar refractivity (Wildman–Crippen MR) is 62.7 cm³/mol. The van der Waals surface area contributed by atoms with Crippen LogP contribution in [0, 0.1) is 0 Å². The second-order valence-electron chi connectivity index (χ2n) is 3.09. The molecule has 0 atom stereocenters. The van der Waals surface area contributed by atoms with E-state index in [0.29, 0.717) is 0 Å². The van der Waals surface area contributed by atoms with E-state index in [2.05, 4.69) is 20.5 Å². The quantitative estimate of drug-likeness (QED) is 0.779. The van der Waals surface area contributed by atoms with Crippen LogP contribution in [0.3, 0.4) is 0 Å². The number of benzene rings is 1. The summed E-state index contributed by atoms with van der Waals surface area (Å²) in [6.07, 6.45) is 4.05. The van der Waals surface area contributed by atoms with E-state index in [-0.39, 0.29) is 0 Å². The molecule has 0 spiro atoms. The molecule has 0 bridgehead atoms. The molecule has 2 rings (SSSR count). The number of nitrogens with zero attached hydrogens (tertiary/aromatic N) is 1. The second-order valence-corrected chi connectivity index (χ2v) is 4.41. The standard InChI is InChI=1S/C11H9BrClN/c12-10-4-3-9(11(13)7-10)8-14-5-1-2-6-14/h1-7H,8H2. The van der Waals surface area contributed by atoms with Gasteiger partial charge < -0.3 is 4.57 Å². The molecule has 0 saturated heterocycles. The van der Waals surface area contributed by atoms with E-state index in [4.69, 9.17) is 11.6 Å². The van der Waals surface area contributed by atoms with Crippen LogP contribution in [-0.2, 0) is 6.54 Å². The van der Waals surface area contributed by atoms with Crippen molar-refractivity contribution in [3.05, 3.63) is 57.8 Å². The number of hydrogen-bond donors (Lipinski definition) is 0. The highest BCUT2D eigenvalue weighted by atomic mass is 79.9. The van der Waals surface area contributed by atoms with Crippen molar-refractivity contribution < 1.29 is 0 Å². The Bertz CT molecular complexity index is 423. The number of aromatic nitrogens is 1. The summed E-state index contributed by atoms with van der Waals surface area (Å²) in [5.41, 5.74) is 1.13. The van der Waals surface area contributed by atoms with Gasteiger partial charge in [0.05, 0.1) is 0 Å². The van der Waals surface area contributed by atoms with Crippen molar-refractivity contribution in [2.75, 3.05) is 0 Å². The molecule has 72 valence electrons. The minimum absolute atomic E-state index is 0.799. The molecule has 0 amide bonds. The maximum absolute atomic E-state index is 6.10. The average molecular weight is 271 g/mol. The Hall–Kier alpha value is -0.730. The maximum Gasteiger partial charge on any atom is 0.0484 e. The van der Waals surface area contributed by atoms with Gasteiger partial charge in [-0.25, -0.2) is 0 Å². The average Bonchev–Trinajstić information content (AvgIpc) is 2.62. The van der Waals surface area contributed by atoms with Crippen molar-refractivity contribution in [2.24, 2.45) is 0 Å². The third-order valence-corrected chi connectivity index (χ3v) is 2.88. The van der Waals surface area contributed by atoms with Gasteiger partial charge in [0.25, 0.3) is 0 Å². The largest absolute Gasteiger partial charge is 0.350 e. The smallest absolute Gasteiger partial charge is 0.0484 e. The van der Waals surface area contributed by atoms with Gasteiger partial charge >= 0.3 is 0 Å². The molecule has 0 aliphatic heterocycles. The van der Waals surface area contributed by atoms with Gasteiger partial charge in [-0.15, -0.1) is 0 Å². The molecular weight excluding hydrogens is 261 g/mol. The first-order valence-electron chi connectivity index (χ1n) is 4.30. The van der Waals surface area contributed by atoms with Crippen LogP contribution < -0.4 is 0 Å².